The fraction of sp³-hybridized carbons (Fsp3) is 0.273. The first-order valence-corrected chi connectivity index (χ1v) is 5.26. The lowest BCUT2D eigenvalue weighted by atomic mass is 10.0. The molecule has 1 unspecified atom stereocenters. The van der Waals surface area contributed by atoms with E-state index in [1.165, 1.54) is 6.07 Å². The topological polar surface area (TPSA) is 53.6 Å². The van der Waals surface area contributed by atoms with Gasteiger partial charge in [0.05, 0.1) is 12.2 Å². The highest BCUT2D eigenvalue weighted by Crippen LogP contribution is 2.21. The Hall–Kier alpha value is -1.82. The normalized spacial score (nSPS) is 12.6. The number of hydrogen-bond acceptors (Lipinski definition) is 3. The van der Waals surface area contributed by atoms with E-state index in [9.17, 15) is 8.78 Å². The van der Waals surface area contributed by atoms with Gasteiger partial charge in [0, 0.05) is 0 Å². The van der Waals surface area contributed by atoms with Gasteiger partial charge in [0.15, 0.2) is 11.6 Å². The first-order valence-electron chi connectivity index (χ1n) is 5.26. The molecule has 1 aromatic heterocycles. The molecular weight excluding hydrogens is 226 g/mol. The Morgan fingerprint density at radius 2 is 2.18 bits per heavy atom. The summed E-state index contributed by atoms with van der Waals surface area (Å²) in [6.45, 7) is 2.60. The molecule has 0 fully saturated rings. The van der Waals surface area contributed by atoms with E-state index in [-0.39, 0.29) is 6.04 Å². The minimum absolute atomic E-state index is 0.297. The molecule has 0 aliphatic rings. The number of aromatic nitrogens is 3. The van der Waals surface area contributed by atoms with Gasteiger partial charge >= 0.3 is 0 Å². The van der Waals surface area contributed by atoms with Crippen LogP contribution in [-0.4, -0.2) is 22.0 Å². The molecular formula is C11H12F2N4. The van der Waals surface area contributed by atoms with Gasteiger partial charge in [-0.1, -0.05) is 13.0 Å². The first-order chi connectivity index (χ1) is 8.22. The third-order valence-corrected chi connectivity index (χ3v) is 2.41. The second-order valence-corrected chi connectivity index (χ2v) is 3.56. The Bertz CT molecular complexity index is 484. The van der Waals surface area contributed by atoms with Crippen LogP contribution in [-0.2, 0) is 0 Å². The molecule has 0 radical (unpaired) electrons. The Kier molecular flexibility index (Phi) is 3.43. The third-order valence-electron chi connectivity index (χ3n) is 2.41. The van der Waals surface area contributed by atoms with E-state index in [4.69, 9.17) is 0 Å². The molecule has 0 aliphatic heterocycles. The largest absolute Gasteiger partial charge is 0.305 e. The lowest BCUT2D eigenvalue weighted by molar-refractivity contribution is 0.503. The lowest BCUT2D eigenvalue weighted by Crippen LogP contribution is -2.22. The van der Waals surface area contributed by atoms with Gasteiger partial charge in [0.2, 0.25) is 0 Å². The standard InChI is InChI=1S/C11H12F2N4/c1-2-14-11(10-6-15-17-16-10)7-3-4-8(12)9(13)5-7/h3-6,11,14H,2H2,1H3,(H,15,16,17). The number of nitrogens with one attached hydrogen (secondary N) is 2. The summed E-state index contributed by atoms with van der Waals surface area (Å²) in [5, 5.41) is 13.3. The van der Waals surface area contributed by atoms with E-state index in [1.807, 2.05) is 6.92 Å². The van der Waals surface area contributed by atoms with Crippen LogP contribution >= 0.6 is 0 Å². The number of aromatic amines is 1. The number of halogens is 2. The fourth-order valence-electron chi connectivity index (χ4n) is 1.64. The minimum atomic E-state index is -0.867. The van der Waals surface area contributed by atoms with Crippen molar-refractivity contribution in [2.75, 3.05) is 6.54 Å². The number of H-pyrrole nitrogens is 1. The van der Waals surface area contributed by atoms with Gasteiger partial charge in [0.1, 0.15) is 5.69 Å². The summed E-state index contributed by atoms with van der Waals surface area (Å²) in [5.41, 5.74) is 1.25. The van der Waals surface area contributed by atoms with Crippen LogP contribution in [0.3, 0.4) is 0 Å². The predicted molar refractivity (Wildman–Crippen MR) is 58.3 cm³/mol. The number of hydrogen-bond donors (Lipinski definition) is 2. The van der Waals surface area contributed by atoms with Gasteiger partial charge in [-0.25, -0.2) is 8.78 Å². The quantitative estimate of drug-likeness (QED) is 0.853. The monoisotopic (exact) mass is 238 g/mol. The summed E-state index contributed by atoms with van der Waals surface area (Å²) in [5.74, 6) is -1.72. The van der Waals surface area contributed by atoms with E-state index < -0.39 is 11.6 Å². The van der Waals surface area contributed by atoms with Crippen LogP contribution < -0.4 is 5.32 Å². The van der Waals surface area contributed by atoms with Crippen LogP contribution in [0.4, 0.5) is 8.78 Å². The molecule has 2 rings (SSSR count). The van der Waals surface area contributed by atoms with Crippen LogP contribution in [0, 0.1) is 11.6 Å². The number of benzene rings is 1. The zero-order chi connectivity index (χ0) is 12.3. The van der Waals surface area contributed by atoms with Crippen molar-refractivity contribution in [1.82, 2.24) is 20.7 Å². The summed E-state index contributed by atoms with van der Waals surface area (Å²) in [6.07, 6.45) is 1.55. The second-order valence-electron chi connectivity index (χ2n) is 3.56. The molecule has 90 valence electrons. The van der Waals surface area contributed by atoms with E-state index in [0.717, 1.165) is 12.1 Å². The molecule has 0 saturated carbocycles. The highest BCUT2D eigenvalue weighted by molar-refractivity contribution is 5.27. The molecule has 0 amide bonds. The van der Waals surface area contributed by atoms with Crippen molar-refractivity contribution in [1.29, 1.82) is 0 Å². The van der Waals surface area contributed by atoms with Gasteiger partial charge in [-0.15, -0.1) is 0 Å². The van der Waals surface area contributed by atoms with Gasteiger partial charge in [0.25, 0.3) is 0 Å². The predicted octanol–water partition coefficient (Wildman–Crippen LogP) is 1.78. The van der Waals surface area contributed by atoms with Gasteiger partial charge in [-0.2, -0.15) is 15.4 Å². The highest BCUT2D eigenvalue weighted by Gasteiger charge is 2.17. The van der Waals surface area contributed by atoms with Crippen molar-refractivity contribution < 1.29 is 8.78 Å². The average molecular weight is 238 g/mol. The van der Waals surface area contributed by atoms with E-state index >= 15 is 0 Å². The SMILES string of the molecule is CCNC(c1ccc(F)c(F)c1)c1cn[nH]n1. The Morgan fingerprint density at radius 1 is 1.35 bits per heavy atom. The lowest BCUT2D eigenvalue weighted by Gasteiger charge is -2.15. The van der Waals surface area contributed by atoms with Crippen molar-refractivity contribution in [3.8, 4) is 0 Å². The molecule has 1 heterocycles. The summed E-state index contributed by atoms with van der Waals surface area (Å²) in [7, 11) is 0. The maximum absolute atomic E-state index is 13.2. The second kappa shape index (κ2) is 5.01. The molecule has 2 N–H and O–H groups in total. The van der Waals surface area contributed by atoms with E-state index in [0.29, 0.717) is 17.8 Å². The van der Waals surface area contributed by atoms with E-state index in [1.54, 1.807) is 6.20 Å². The van der Waals surface area contributed by atoms with Gasteiger partial charge < -0.3 is 5.32 Å². The molecule has 0 bridgehead atoms. The maximum atomic E-state index is 13.2. The highest BCUT2D eigenvalue weighted by atomic mass is 19.2. The zero-order valence-electron chi connectivity index (χ0n) is 9.24. The molecule has 0 saturated heterocycles. The number of rotatable bonds is 4. The van der Waals surface area contributed by atoms with Gasteiger partial charge in [-0.05, 0) is 24.2 Å². The molecule has 0 spiro atoms. The smallest absolute Gasteiger partial charge is 0.159 e. The molecule has 0 aliphatic carbocycles. The van der Waals surface area contributed by atoms with Crippen molar-refractivity contribution in [3.05, 3.63) is 47.3 Å². The fourth-order valence-corrected chi connectivity index (χ4v) is 1.64. The summed E-state index contributed by atoms with van der Waals surface area (Å²) in [4.78, 5) is 0. The minimum Gasteiger partial charge on any atom is -0.305 e. The molecule has 2 aromatic rings. The first kappa shape index (κ1) is 11.7. The van der Waals surface area contributed by atoms with Crippen LogP contribution in [0.2, 0.25) is 0 Å². The van der Waals surface area contributed by atoms with Crippen LogP contribution in [0.15, 0.2) is 24.4 Å². The molecule has 1 aromatic carbocycles. The molecule has 1 atom stereocenters. The van der Waals surface area contributed by atoms with Crippen molar-refractivity contribution in [2.45, 2.75) is 13.0 Å². The molecule has 4 nitrogen and oxygen atoms in total. The zero-order valence-corrected chi connectivity index (χ0v) is 9.24. The Labute approximate surface area is 97.0 Å². The average Bonchev–Trinajstić information content (AvgIpc) is 2.83. The molecule has 17 heavy (non-hydrogen) atoms. The van der Waals surface area contributed by atoms with Crippen molar-refractivity contribution in [3.63, 3.8) is 0 Å². The van der Waals surface area contributed by atoms with Crippen LogP contribution in [0.25, 0.3) is 0 Å². The van der Waals surface area contributed by atoms with Crippen LogP contribution in [0.1, 0.15) is 24.2 Å². The van der Waals surface area contributed by atoms with Gasteiger partial charge in [-0.3, -0.25) is 0 Å². The van der Waals surface area contributed by atoms with Crippen molar-refractivity contribution >= 4 is 0 Å². The number of nitrogens with zero attached hydrogens (tertiary/aromatic N) is 2. The summed E-state index contributed by atoms with van der Waals surface area (Å²) < 4.78 is 26.0. The Morgan fingerprint density at radius 3 is 2.76 bits per heavy atom. The third kappa shape index (κ3) is 2.47. The molecule has 6 heteroatoms. The van der Waals surface area contributed by atoms with Crippen molar-refractivity contribution in [2.24, 2.45) is 0 Å². The summed E-state index contributed by atoms with van der Waals surface area (Å²) >= 11 is 0. The summed E-state index contributed by atoms with van der Waals surface area (Å²) in [6, 6.07) is 3.50. The maximum Gasteiger partial charge on any atom is 0.159 e. The van der Waals surface area contributed by atoms with E-state index in [2.05, 4.69) is 20.7 Å². The van der Waals surface area contributed by atoms with Crippen LogP contribution in [0.5, 0.6) is 0 Å². The Balaban J connectivity index is 2.35.